The number of hydrogen-bond donors (Lipinski definition) is 0. The Kier molecular flexibility index (Phi) is 3.67. The van der Waals surface area contributed by atoms with Gasteiger partial charge in [-0.3, -0.25) is 0 Å². The number of rotatable bonds is 2. The van der Waals surface area contributed by atoms with E-state index in [9.17, 15) is 0 Å². The molecule has 0 saturated carbocycles. The summed E-state index contributed by atoms with van der Waals surface area (Å²) in [5.74, 6) is 2.77. The van der Waals surface area contributed by atoms with Gasteiger partial charge in [0.15, 0.2) is 0 Å². The highest BCUT2D eigenvalue weighted by molar-refractivity contribution is 5.96. The fourth-order valence-electron chi connectivity index (χ4n) is 3.87. The maximum atomic E-state index is 5.72. The normalized spacial score (nSPS) is 13.8. The molecule has 5 nitrogen and oxygen atoms in total. The molecule has 0 aliphatic carbocycles. The van der Waals surface area contributed by atoms with Gasteiger partial charge in [0.2, 0.25) is 0 Å². The van der Waals surface area contributed by atoms with Crippen LogP contribution in [-0.4, -0.2) is 21.7 Å². The van der Waals surface area contributed by atoms with E-state index in [1.165, 1.54) is 10.8 Å². The van der Waals surface area contributed by atoms with Crippen molar-refractivity contribution < 1.29 is 4.52 Å². The summed E-state index contributed by atoms with van der Waals surface area (Å²) in [5.41, 5.74) is 4.31. The minimum atomic E-state index is 0.745. The van der Waals surface area contributed by atoms with Gasteiger partial charge in [-0.1, -0.05) is 47.6 Å². The summed E-state index contributed by atoms with van der Waals surface area (Å²) in [6.07, 6.45) is 2.72. The molecule has 5 rings (SSSR count). The molecule has 2 aromatic heterocycles. The van der Waals surface area contributed by atoms with E-state index in [1.807, 2.05) is 13.1 Å². The molecule has 0 spiro atoms. The van der Waals surface area contributed by atoms with E-state index < -0.39 is 0 Å². The molecule has 0 amide bonds. The monoisotopic (exact) mass is 356 g/mol. The van der Waals surface area contributed by atoms with Gasteiger partial charge < -0.3 is 9.42 Å². The van der Waals surface area contributed by atoms with Gasteiger partial charge in [0.1, 0.15) is 23.1 Å². The number of fused-ring (bicyclic) bond motifs is 2. The van der Waals surface area contributed by atoms with Crippen LogP contribution in [0.3, 0.4) is 0 Å². The molecule has 1 aliphatic rings. The Morgan fingerprint density at radius 2 is 1.89 bits per heavy atom. The van der Waals surface area contributed by atoms with Gasteiger partial charge in [-0.25, -0.2) is 9.97 Å². The Morgan fingerprint density at radius 1 is 1.04 bits per heavy atom. The first-order chi connectivity index (χ1) is 13.2. The molecule has 5 heteroatoms. The summed E-state index contributed by atoms with van der Waals surface area (Å²) in [7, 11) is 0. The third kappa shape index (κ3) is 2.67. The number of aryl methyl sites for hydroxylation is 2. The van der Waals surface area contributed by atoms with Crippen LogP contribution in [0.5, 0.6) is 0 Å². The number of nitrogens with zero attached hydrogens (tertiary/aromatic N) is 4. The Labute approximate surface area is 157 Å². The number of benzene rings is 2. The average Bonchev–Trinajstić information content (AvgIpc) is 3.12. The number of hydrogen-bond acceptors (Lipinski definition) is 5. The molecule has 0 N–H and O–H groups in total. The zero-order valence-electron chi connectivity index (χ0n) is 15.4. The highest BCUT2D eigenvalue weighted by Crippen LogP contribution is 2.35. The van der Waals surface area contributed by atoms with Crippen LogP contribution in [-0.2, 0) is 13.0 Å². The quantitative estimate of drug-likeness (QED) is 0.531. The number of aromatic nitrogens is 3. The smallest absolute Gasteiger partial charge is 0.144 e. The first-order valence-corrected chi connectivity index (χ1v) is 9.21. The fraction of sp³-hybridized carbons (Fsp3) is 0.227. The molecule has 2 aromatic carbocycles. The van der Waals surface area contributed by atoms with Gasteiger partial charge in [0.05, 0.1) is 6.54 Å². The predicted octanol–water partition coefficient (Wildman–Crippen LogP) is 4.46. The van der Waals surface area contributed by atoms with Crippen molar-refractivity contribution >= 4 is 16.6 Å². The molecule has 0 atom stereocenters. The molecule has 1 aliphatic heterocycles. The van der Waals surface area contributed by atoms with Crippen LogP contribution in [0.2, 0.25) is 0 Å². The van der Waals surface area contributed by atoms with E-state index in [-0.39, 0.29) is 0 Å². The van der Waals surface area contributed by atoms with Gasteiger partial charge in [0.25, 0.3) is 0 Å². The highest BCUT2D eigenvalue weighted by atomic mass is 16.5. The molecule has 0 bridgehead atoms. The molecule has 3 heterocycles. The topological polar surface area (TPSA) is 55.1 Å². The minimum Gasteiger partial charge on any atom is -0.360 e. The first-order valence-electron chi connectivity index (χ1n) is 9.21. The van der Waals surface area contributed by atoms with Crippen molar-refractivity contribution in [3.8, 4) is 11.3 Å². The molecule has 27 heavy (non-hydrogen) atoms. The van der Waals surface area contributed by atoms with Crippen LogP contribution in [0.15, 0.2) is 53.2 Å². The van der Waals surface area contributed by atoms with Crippen LogP contribution in [0.1, 0.15) is 22.7 Å². The fourth-order valence-corrected chi connectivity index (χ4v) is 3.87. The van der Waals surface area contributed by atoms with E-state index in [2.05, 4.69) is 69.4 Å². The molecular formula is C22H20N4O. The molecule has 0 radical (unpaired) electrons. The van der Waals surface area contributed by atoms with Crippen molar-refractivity contribution in [2.45, 2.75) is 26.8 Å². The van der Waals surface area contributed by atoms with Crippen molar-refractivity contribution in [3.05, 3.63) is 71.4 Å². The van der Waals surface area contributed by atoms with Gasteiger partial charge in [-0.05, 0) is 24.6 Å². The standard InChI is InChI=1S/C22H20N4O/c1-14-12-23-15(2)24-22(14)26-11-10-20-19(13-26)21(25-27-20)18-9-5-7-16-6-3-4-8-17(16)18/h3-9,12H,10-11,13H2,1-2H3. The maximum Gasteiger partial charge on any atom is 0.144 e. The second kappa shape index (κ2) is 6.20. The predicted molar refractivity (Wildman–Crippen MR) is 106 cm³/mol. The maximum absolute atomic E-state index is 5.72. The van der Waals surface area contributed by atoms with Crippen LogP contribution < -0.4 is 4.90 Å². The van der Waals surface area contributed by atoms with Gasteiger partial charge in [-0.2, -0.15) is 0 Å². The summed E-state index contributed by atoms with van der Waals surface area (Å²) >= 11 is 0. The highest BCUT2D eigenvalue weighted by Gasteiger charge is 2.27. The Hall–Kier alpha value is -3.21. The lowest BCUT2D eigenvalue weighted by atomic mass is 9.97. The zero-order chi connectivity index (χ0) is 18.4. The van der Waals surface area contributed by atoms with Crippen LogP contribution in [0.25, 0.3) is 22.0 Å². The largest absolute Gasteiger partial charge is 0.360 e. The summed E-state index contributed by atoms with van der Waals surface area (Å²) in [6, 6.07) is 14.7. The van der Waals surface area contributed by atoms with Crippen molar-refractivity contribution in [2.24, 2.45) is 0 Å². The van der Waals surface area contributed by atoms with E-state index in [1.54, 1.807) is 0 Å². The van der Waals surface area contributed by atoms with E-state index in [0.29, 0.717) is 0 Å². The van der Waals surface area contributed by atoms with Gasteiger partial charge in [0, 0.05) is 35.9 Å². The average molecular weight is 356 g/mol. The Morgan fingerprint density at radius 3 is 2.81 bits per heavy atom. The lowest BCUT2D eigenvalue weighted by Crippen LogP contribution is -2.31. The van der Waals surface area contributed by atoms with Gasteiger partial charge >= 0.3 is 0 Å². The molecule has 134 valence electrons. The lowest BCUT2D eigenvalue weighted by molar-refractivity contribution is 0.378. The zero-order valence-corrected chi connectivity index (χ0v) is 15.4. The van der Waals surface area contributed by atoms with Crippen molar-refractivity contribution in [1.29, 1.82) is 0 Å². The molecule has 0 fully saturated rings. The van der Waals surface area contributed by atoms with Crippen LogP contribution >= 0.6 is 0 Å². The van der Waals surface area contributed by atoms with E-state index >= 15 is 0 Å². The Balaban J connectivity index is 1.60. The van der Waals surface area contributed by atoms with Crippen molar-refractivity contribution in [1.82, 2.24) is 15.1 Å². The Bertz CT molecular complexity index is 1140. The van der Waals surface area contributed by atoms with Crippen LogP contribution in [0, 0.1) is 13.8 Å². The minimum absolute atomic E-state index is 0.745. The second-order valence-electron chi connectivity index (χ2n) is 7.06. The molecule has 0 unspecified atom stereocenters. The molecule has 0 saturated heterocycles. The molecule has 4 aromatic rings. The lowest BCUT2D eigenvalue weighted by Gasteiger charge is -2.28. The van der Waals surface area contributed by atoms with Gasteiger partial charge in [-0.15, -0.1) is 0 Å². The summed E-state index contributed by atoms with van der Waals surface area (Å²) in [5, 5.41) is 6.86. The summed E-state index contributed by atoms with van der Waals surface area (Å²) < 4.78 is 5.72. The second-order valence-corrected chi connectivity index (χ2v) is 7.06. The van der Waals surface area contributed by atoms with Crippen LogP contribution in [0.4, 0.5) is 5.82 Å². The molecular weight excluding hydrogens is 336 g/mol. The third-order valence-corrected chi connectivity index (χ3v) is 5.24. The van der Waals surface area contributed by atoms with Crippen molar-refractivity contribution in [2.75, 3.05) is 11.4 Å². The summed E-state index contributed by atoms with van der Waals surface area (Å²) in [6.45, 7) is 5.60. The van der Waals surface area contributed by atoms with E-state index in [4.69, 9.17) is 4.52 Å². The van der Waals surface area contributed by atoms with Crippen molar-refractivity contribution in [3.63, 3.8) is 0 Å². The summed E-state index contributed by atoms with van der Waals surface area (Å²) in [4.78, 5) is 11.3. The first kappa shape index (κ1) is 16.0. The number of anilines is 1. The third-order valence-electron chi connectivity index (χ3n) is 5.24. The SMILES string of the molecule is Cc1ncc(C)c(N2CCc3onc(-c4cccc5ccccc45)c3C2)n1. The van der Waals surface area contributed by atoms with E-state index in [0.717, 1.165) is 59.3 Å².